The molecule has 6 heteroatoms. The molecule has 1 saturated carbocycles. The van der Waals surface area contributed by atoms with E-state index in [9.17, 15) is 0 Å². The number of hydrogen-bond donors (Lipinski definition) is 0. The van der Waals surface area contributed by atoms with Gasteiger partial charge in [0, 0.05) is 94.1 Å². The first-order valence-electron chi connectivity index (χ1n) is 15.4. The number of piperazine rings is 2. The molecular weight excluding hydrogens is 458 g/mol. The smallest absolute Gasteiger partial charge is 0.0612 e. The zero-order chi connectivity index (χ0) is 27.2. The first-order valence-corrected chi connectivity index (χ1v) is 15.4. The standard InChI is InChI=1S/C31H61N5O/c1-28(2,3)36-23-26(24-36)33-15-19-35(20-16-33)31(9,10)12-11-30(7,8)34-17-13-32(14-18-34)25-21-27(22-25)37-29(4,5)6/h25-27H,11-24H2,1-10H3. The molecule has 6 nitrogen and oxygen atoms in total. The molecule has 0 aromatic carbocycles. The topological polar surface area (TPSA) is 25.4 Å². The van der Waals surface area contributed by atoms with Crippen molar-refractivity contribution >= 4 is 0 Å². The molecule has 0 bridgehead atoms. The highest BCUT2D eigenvalue weighted by molar-refractivity contribution is 4.98. The first-order chi connectivity index (χ1) is 17.0. The van der Waals surface area contributed by atoms with Crippen molar-refractivity contribution in [1.29, 1.82) is 0 Å². The van der Waals surface area contributed by atoms with Crippen LogP contribution in [0.15, 0.2) is 0 Å². The van der Waals surface area contributed by atoms with Crippen LogP contribution in [0.2, 0.25) is 0 Å². The van der Waals surface area contributed by atoms with Gasteiger partial charge in [-0.2, -0.15) is 0 Å². The molecule has 0 spiro atoms. The zero-order valence-corrected chi connectivity index (χ0v) is 26.3. The van der Waals surface area contributed by atoms with Crippen molar-refractivity contribution in [3.63, 3.8) is 0 Å². The van der Waals surface area contributed by atoms with E-state index in [0.29, 0.717) is 11.6 Å². The Bertz CT molecular complexity index is 726. The lowest BCUT2D eigenvalue weighted by molar-refractivity contribution is -0.125. The van der Waals surface area contributed by atoms with Crippen LogP contribution in [-0.2, 0) is 4.74 Å². The van der Waals surface area contributed by atoms with Gasteiger partial charge in [0.15, 0.2) is 0 Å². The van der Waals surface area contributed by atoms with Gasteiger partial charge < -0.3 is 4.74 Å². The monoisotopic (exact) mass is 519 g/mol. The van der Waals surface area contributed by atoms with Crippen LogP contribution in [0.4, 0.5) is 0 Å². The fraction of sp³-hybridized carbons (Fsp3) is 1.00. The Labute approximate surface area is 230 Å². The Morgan fingerprint density at radius 1 is 0.541 bits per heavy atom. The van der Waals surface area contributed by atoms with Gasteiger partial charge in [0.05, 0.1) is 11.7 Å². The number of nitrogens with zero attached hydrogens (tertiary/aromatic N) is 5. The van der Waals surface area contributed by atoms with E-state index < -0.39 is 0 Å². The molecule has 4 aliphatic rings. The fourth-order valence-electron chi connectivity index (χ4n) is 6.98. The lowest BCUT2D eigenvalue weighted by Gasteiger charge is -2.54. The van der Waals surface area contributed by atoms with E-state index in [2.05, 4.69) is 93.7 Å². The number of ether oxygens (including phenoxy) is 1. The van der Waals surface area contributed by atoms with E-state index in [1.165, 1.54) is 91.1 Å². The fourth-order valence-corrected chi connectivity index (χ4v) is 6.98. The summed E-state index contributed by atoms with van der Waals surface area (Å²) >= 11 is 0. The molecule has 0 aromatic heterocycles. The zero-order valence-electron chi connectivity index (χ0n) is 26.3. The Balaban J connectivity index is 1.15. The minimum Gasteiger partial charge on any atom is -0.373 e. The third-order valence-corrected chi connectivity index (χ3v) is 10.1. The third kappa shape index (κ3) is 7.49. The van der Waals surface area contributed by atoms with Gasteiger partial charge in [-0.15, -0.1) is 0 Å². The molecule has 4 rings (SSSR count). The predicted octanol–water partition coefficient (Wildman–Crippen LogP) is 4.39. The van der Waals surface area contributed by atoms with Gasteiger partial charge in [-0.1, -0.05) is 0 Å². The lowest BCUT2D eigenvalue weighted by atomic mass is 9.85. The van der Waals surface area contributed by atoms with Gasteiger partial charge in [0.25, 0.3) is 0 Å². The summed E-state index contributed by atoms with van der Waals surface area (Å²) in [5.41, 5.74) is 0.854. The maximum atomic E-state index is 6.18. The minimum atomic E-state index is -0.00957. The molecule has 3 heterocycles. The molecule has 3 saturated heterocycles. The van der Waals surface area contributed by atoms with Gasteiger partial charge in [0.2, 0.25) is 0 Å². The molecule has 37 heavy (non-hydrogen) atoms. The van der Waals surface area contributed by atoms with Crippen LogP contribution in [-0.4, -0.2) is 130 Å². The quantitative estimate of drug-likeness (QED) is 0.472. The summed E-state index contributed by atoms with van der Waals surface area (Å²) in [6.07, 6.45) is 5.45. The Morgan fingerprint density at radius 3 is 1.32 bits per heavy atom. The van der Waals surface area contributed by atoms with Crippen LogP contribution in [0.25, 0.3) is 0 Å². The number of rotatable bonds is 8. The summed E-state index contributed by atoms with van der Waals surface area (Å²) in [5.74, 6) is 0. The molecule has 0 aromatic rings. The highest BCUT2D eigenvalue weighted by Crippen LogP contribution is 2.34. The van der Waals surface area contributed by atoms with Gasteiger partial charge in [-0.3, -0.25) is 24.5 Å². The van der Waals surface area contributed by atoms with Gasteiger partial charge in [-0.25, -0.2) is 0 Å². The molecule has 4 fully saturated rings. The number of likely N-dealkylation sites (tertiary alicyclic amines) is 1. The minimum absolute atomic E-state index is 0.00957. The molecule has 216 valence electrons. The summed E-state index contributed by atoms with van der Waals surface area (Å²) in [6.45, 7) is 35.8. The van der Waals surface area contributed by atoms with Gasteiger partial charge in [0.1, 0.15) is 0 Å². The van der Waals surface area contributed by atoms with E-state index in [0.717, 1.165) is 12.1 Å². The average molecular weight is 520 g/mol. The molecule has 1 aliphatic carbocycles. The maximum Gasteiger partial charge on any atom is 0.0612 e. The highest BCUT2D eigenvalue weighted by atomic mass is 16.5. The Morgan fingerprint density at radius 2 is 0.946 bits per heavy atom. The van der Waals surface area contributed by atoms with Crippen molar-refractivity contribution < 1.29 is 4.74 Å². The second kappa shape index (κ2) is 11.0. The lowest BCUT2D eigenvalue weighted by Crippen LogP contribution is -2.67. The molecule has 0 atom stereocenters. The van der Waals surface area contributed by atoms with Crippen molar-refractivity contribution in [1.82, 2.24) is 24.5 Å². The first kappa shape index (κ1) is 29.7. The summed E-state index contributed by atoms with van der Waals surface area (Å²) < 4.78 is 6.18. The molecule has 0 unspecified atom stereocenters. The van der Waals surface area contributed by atoms with Crippen molar-refractivity contribution in [2.45, 2.75) is 135 Å². The second-order valence-corrected chi connectivity index (χ2v) is 15.9. The van der Waals surface area contributed by atoms with Crippen LogP contribution in [0.5, 0.6) is 0 Å². The van der Waals surface area contributed by atoms with Crippen molar-refractivity contribution in [2.75, 3.05) is 65.4 Å². The third-order valence-electron chi connectivity index (χ3n) is 10.1. The summed E-state index contributed by atoms with van der Waals surface area (Å²) in [4.78, 5) is 13.7. The van der Waals surface area contributed by atoms with Crippen LogP contribution in [0.3, 0.4) is 0 Å². The van der Waals surface area contributed by atoms with Crippen molar-refractivity contribution in [3.8, 4) is 0 Å². The van der Waals surface area contributed by atoms with E-state index >= 15 is 0 Å². The predicted molar refractivity (Wildman–Crippen MR) is 156 cm³/mol. The second-order valence-electron chi connectivity index (χ2n) is 15.9. The van der Waals surface area contributed by atoms with Crippen molar-refractivity contribution in [3.05, 3.63) is 0 Å². The molecule has 0 radical (unpaired) electrons. The molecular formula is C31H61N5O. The Hall–Kier alpha value is -0.240. The van der Waals surface area contributed by atoms with Gasteiger partial charge >= 0.3 is 0 Å². The van der Waals surface area contributed by atoms with Crippen LogP contribution >= 0.6 is 0 Å². The van der Waals surface area contributed by atoms with E-state index in [1.807, 2.05) is 0 Å². The highest BCUT2D eigenvalue weighted by Gasteiger charge is 2.42. The molecule has 0 amide bonds. The average Bonchev–Trinajstić information content (AvgIpc) is 2.73. The Kier molecular flexibility index (Phi) is 8.82. The van der Waals surface area contributed by atoms with E-state index in [4.69, 9.17) is 4.74 Å². The normalized spacial score (nSPS) is 29.4. The maximum absolute atomic E-state index is 6.18. The van der Waals surface area contributed by atoms with Crippen molar-refractivity contribution in [2.24, 2.45) is 0 Å². The van der Waals surface area contributed by atoms with E-state index in [1.54, 1.807) is 0 Å². The van der Waals surface area contributed by atoms with Crippen LogP contribution < -0.4 is 0 Å². The van der Waals surface area contributed by atoms with Crippen LogP contribution in [0, 0.1) is 0 Å². The summed E-state index contributed by atoms with van der Waals surface area (Å²) in [7, 11) is 0. The van der Waals surface area contributed by atoms with E-state index in [-0.39, 0.29) is 16.7 Å². The SMILES string of the molecule is CC(C)(C)OC1CC(N2CCN(C(C)(C)CCC(C)(C)N3CCN(C4CN(C(C)(C)C)C4)CC3)CC2)C1. The van der Waals surface area contributed by atoms with Crippen LogP contribution in [0.1, 0.15) is 94.9 Å². The molecule has 3 aliphatic heterocycles. The number of hydrogen-bond acceptors (Lipinski definition) is 6. The molecule has 0 N–H and O–H groups in total. The summed E-state index contributed by atoms with van der Waals surface area (Å²) in [5, 5.41) is 0. The van der Waals surface area contributed by atoms with Gasteiger partial charge in [-0.05, 0) is 94.9 Å². The largest absolute Gasteiger partial charge is 0.373 e. The summed E-state index contributed by atoms with van der Waals surface area (Å²) in [6, 6.07) is 1.52.